The number of hydrogen-bond acceptors (Lipinski definition) is 5. The van der Waals surface area contributed by atoms with Crippen LogP contribution in [-0.4, -0.2) is 36.5 Å². The Morgan fingerprint density at radius 3 is 2.30 bits per heavy atom. The van der Waals surface area contributed by atoms with Gasteiger partial charge in [-0.1, -0.05) is 53.5 Å². The zero-order valence-electron chi connectivity index (χ0n) is 19.9. The molecule has 3 amide bonds. The van der Waals surface area contributed by atoms with Gasteiger partial charge in [0.2, 0.25) is 21.8 Å². The molecule has 1 N–H and O–H groups in total. The van der Waals surface area contributed by atoms with Crippen LogP contribution in [0.15, 0.2) is 77.7 Å². The van der Waals surface area contributed by atoms with Crippen LogP contribution in [0, 0.1) is 0 Å². The topological polar surface area (TPSA) is 104 Å². The molecular formula is C26H23Cl2N3O5S. The molecule has 0 aromatic heterocycles. The van der Waals surface area contributed by atoms with Gasteiger partial charge in [-0.05, 0) is 55.0 Å². The van der Waals surface area contributed by atoms with E-state index in [0.717, 1.165) is 9.21 Å². The van der Waals surface area contributed by atoms with Gasteiger partial charge in [-0.2, -0.15) is 4.31 Å². The normalized spacial score (nSPS) is 16.8. The molecule has 0 radical (unpaired) electrons. The summed E-state index contributed by atoms with van der Waals surface area (Å²) in [7, 11) is -4.40. The second-order valence-electron chi connectivity index (χ2n) is 8.51. The van der Waals surface area contributed by atoms with Crippen molar-refractivity contribution in [3.8, 4) is 0 Å². The van der Waals surface area contributed by atoms with E-state index in [1.807, 2.05) is 0 Å². The van der Waals surface area contributed by atoms with Gasteiger partial charge in [0, 0.05) is 23.7 Å². The molecule has 2 unspecified atom stereocenters. The van der Waals surface area contributed by atoms with E-state index in [2.05, 4.69) is 5.32 Å². The highest BCUT2D eigenvalue weighted by molar-refractivity contribution is 7.89. The van der Waals surface area contributed by atoms with Gasteiger partial charge >= 0.3 is 0 Å². The standard InChI is InChI=1S/C26H23Cl2N3O5S/c1-16(18-6-4-3-5-7-18)31(37(35,36)24-14-19(27)8-13-22(24)28)23-15-25(33)30(26(23)34)21-11-9-20(10-12-21)29-17(2)32/h3-14,16,23H,15H2,1-2H3,(H,29,32). The van der Waals surface area contributed by atoms with Gasteiger partial charge < -0.3 is 5.32 Å². The van der Waals surface area contributed by atoms with Crippen molar-refractivity contribution in [1.82, 2.24) is 4.31 Å². The summed E-state index contributed by atoms with van der Waals surface area (Å²) in [4.78, 5) is 38.7. The van der Waals surface area contributed by atoms with Gasteiger partial charge in [0.15, 0.2) is 0 Å². The van der Waals surface area contributed by atoms with Crippen LogP contribution in [0.25, 0.3) is 0 Å². The highest BCUT2D eigenvalue weighted by Gasteiger charge is 2.49. The lowest BCUT2D eigenvalue weighted by Gasteiger charge is -2.32. The lowest BCUT2D eigenvalue weighted by molar-refractivity contribution is -0.122. The quantitative estimate of drug-likeness (QED) is 0.408. The van der Waals surface area contributed by atoms with Crippen molar-refractivity contribution in [3.63, 3.8) is 0 Å². The number of anilines is 2. The maximum atomic E-state index is 14.0. The number of benzene rings is 3. The fourth-order valence-electron chi connectivity index (χ4n) is 4.30. The molecule has 2 atom stereocenters. The van der Waals surface area contributed by atoms with Crippen LogP contribution < -0.4 is 10.2 Å². The summed E-state index contributed by atoms with van der Waals surface area (Å²) < 4.78 is 29.1. The summed E-state index contributed by atoms with van der Waals surface area (Å²) in [5, 5.41) is 2.71. The maximum absolute atomic E-state index is 14.0. The van der Waals surface area contributed by atoms with Crippen LogP contribution in [0.2, 0.25) is 10.0 Å². The second-order valence-corrected chi connectivity index (χ2v) is 11.2. The molecule has 8 nitrogen and oxygen atoms in total. The number of hydrogen-bond donors (Lipinski definition) is 1. The number of halogens is 2. The summed E-state index contributed by atoms with van der Waals surface area (Å²) in [6.45, 7) is 3.01. The number of sulfonamides is 1. The van der Waals surface area contributed by atoms with Crippen LogP contribution in [0.4, 0.5) is 11.4 Å². The Balaban J connectivity index is 1.77. The predicted octanol–water partition coefficient (Wildman–Crippen LogP) is 5.04. The number of rotatable bonds is 7. The second kappa shape index (κ2) is 10.6. The highest BCUT2D eigenvalue weighted by Crippen LogP contribution is 2.38. The van der Waals surface area contributed by atoms with E-state index in [9.17, 15) is 22.8 Å². The number of nitrogens with one attached hydrogen (secondary N) is 1. The van der Waals surface area contributed by atoms with Crippen LogP contribution in [0.1, 0.15) is 31.9 Å². The van der Waals surface area contributed by atoms with Crippen LogP contribution in [0.5, 0.6) is 0 Å². The van der Waals surface area contributed by atoms with E-state index in [-0.39, 0.29) is 33.0 Å². The number of nitrogens with zero attached hydrogens (tertiary/aromatic N) is 2. The third kappa shape index (κ3) is 5.40. The zero-order chi connectivity index (χ0) is 26.9. The average molecular weight is 560 g/mol. The Bertz CT molecular complexity index is 1460. The van der Waals surface area contributed by atoms with Gasteiger partial charge in [0.1, 0.15) is 10.9 Å². The van der Waals surface area contributed by atoms with E-state index in [1.54, 1.807) is 49.4 Å². The zero-order valence-corrected chi connectivity index (χ0v) is 22.2. The minimum Gasteiger partial charge on any atom is -0.326 e. The monoisotopic (exact) mass is 559 g/mol. The van der Waals surface area contributed by atoms with E-state index >= 15 is 0 Å². The maximum Gasteiger partial charge on any atom is 0.252 e. The molecule has 4 rings (SSSR count). The Kier molecular flexibility index (Phi) is 7.70. The first-order chi connectivity index (χ1) is 17.5. The van der Waals surface area contributed by atoms with Crippen LogP contribution in [0.3, 0.4) is 0 Å². The molecule has 1 aliphatic heterocycles. The first-order valence-corrected chi connectivity index (χ1v) is 13.5. The molecule has 1 fully saturated rings. The third-order valence-electron chi connectivity index (χ3n) is 5.99. The van der Waals surface area contributed by atoms with Crippen molar-refractivity contribution >= 4 is 62.3 Å². The van der Waals surface area contributed by atoms with Crippen molar-refractivity contribution in [2.24, 2.45) is 0 Å². The molecule has 0 spiro atoms. The Morgan fingerprint density at radius 1 is 1.03 bits per heavy atom. The van der Waals surface area contributed by atoms with Gasteiger partial charge in [0.25, 0.3) is 5.91 Å². The number of amides is 3. The molecule has 0 saturated carbocycles. The highest BCUT2D eigenvalue weighted by atomic mass is 35.5. The SMILES string of the molecule is CC(=O)Nc1ccc(N2C(=O)CC(N(C(C)c3ccccc3)S(=O)(=O)c3cc(Cl)ccc3Cl)C2=O)cc1. The molecule has 1 saturated heterocycles. The predicted molar refractivity (Wildman–Crippen MR) is 142 cm³/mol. The summed E-state index contributed by atoms with van der Waals surface area (Å²) >= 11 is 12.4. The van der Waals surface area contributed by atoms with Gasteiger partial charge in [-0.15, -0.1) is 0 Å². The Morgan fingerprint density at radius 2 is 1.68 bits per heavy atom. The minimum absolute atomic E-state index is 0.0585. The first kappa shape index (κ1) is 26.8. The lowest BCUT2D eigenvalue weighted by Crippen LogP contribution is -2.46. The fourth-order valence-corrected chi connectivity index (χ4v) is 6.80. The molecule has 37 heavy (non-hydrogen) atoms. The van der Waals surface area contributed by atoms with Gasteiger partial charge in [-0.3, -0.25) is 14.4 Å². The van der Waals surface area contributed by atoms with Crippen molar-refractivity contribution in [3.05, 3.63) is 88.4 Å². The number of carbonyl (C=O) groups is 3. The molecule has 0 bridgehead atoms. The van der Waals surface area contributed by atoms with Crippen LogP contribution >= 0.6 is 23.2 Å². The summed E-state index contributed by atoms with van der Waals surface area (Å²) in [5.74, 6) is -1.52. The average Bonchev–Trinajstić information content (AvgIpc) is 3.14. The van der Waals surface area contributed by atoms with E-state index in [0.29, 0.717) is 11.3 Å². The smallest absolute Gasteiger partial charge is 0.252 e. The van der Waals surface area contributed by atoms with Crippen molar-refractivity contribution in [1.29, 1.82) is 0 Å². The summed E-state index contributed by atoms with van der Waals surface area (Å²) in [6.07, 6.45) is -0.360. The first-order valence-electron chi connectivity index (χ1n) is 11.3. The number of carbonyl (C=O) groups excluding carboxylic acids is 3. The van der Waals surface area contributed by atoms with Crippen molar-refractivity contribution < 1.29 is 22.8 Å². The van der Waals surface area contributed by atoms with Gasteiger partial charge in [-0.25, -0.2) is 13.3 Å². The summed E-state index contributed by atoms with van der Waals surface area (Å²) in [5.41, 5.74) is 1.38. The third-order valence-corrected chi connectivity index (χ3v) is 8.68. The largest absolute Gasteiger partial charge is 0.326 e. The van der Waals surface area contributed by atoms with Gasteiger partial charge in [0.05, 0.1) is 17.1 Å². The van der Waals surface area contributed by atoms with Crippen molar-refractivity contribution in [2.45, 2.75) is 37.2 Å². The minimum atomic E-state index is -4.40. The molecule has 1 aliphatic rings. The molecule has 11 heteroatoms. The van der Waals surface area contributed by atoms with E-state index < -0.39 is 33.9 Å². The molecule has 3 aromatic carbocycles. The molecule has 1 heterocycles. The molecule has 3 aromatic rings. The fraction of sp³-hybridized carbons (Fsp3) is 0.192. The van der Waals surface area contributed by atoms with E-state index in [1.165, 1.54) is 37.3 Å². The summed E-state index contributed by atoms with van der Waals surface area (Å²) in [6, 6.07) is 16.8. The number of imide groups is 1. The molecular weight excluding hydrogens is 537 g/mol. The Hall–Kier alpha value is -3.24. The lowest BCUT2D eigenvalue weighted by atomic mass is 10.1. The van der Waals surface area contributed by atoms with Crippen molar-refractivity contribution in [2.75, 3.05) is 10.2 Å². The Labute approximate surface area is 224 Å². The van der Waals surface area contributed by atoms with Crippen LogP contribution in [-0.2, 0) is 24.4 Å². The molecule has 192 valence electrons. The molecule has 0 aliphatic carbocycles. The van der Waals surface area contributed by atoms with E-state index in [4.69, 9.17) is 23.2 Å².